The molecule has 0 aromatic heterocycles. The first-order chi connectivity index (χ1) is 6.35. The lowest BCUT2D eigenvalue weighted by Crippen LogP contribution is -2.41. The second-order valence-electron chi connectivity index (χ2n) is 4.36. The number of halogens is 2. The Balaban J connectivity index is 0.000000980. The molecule has 0 amide bonds. The number of likely N-dealkylation sites (tertiary alicyclic amines) is 1. The Labute approximate surface area is 104 Å². The van der Waals surface area contributed by atoms with Gasteiger partial charge in [-0.05, 0) is 44.3 Å². The summed E-state index contributed by atoms with van der Waals surface area (Å²) < 4.78 is 0. The van der Waals surface area contributed by atoms with Gasteiger partial charge in [0.25, 0.3) is 0 Å². The van der Waals surface area contributed by atoms with Gasteiger partial charge in [0, 0.05) is 6.54 Å². The zero-order valence-electron chi connectivity index (χ0n) is 8.87. The number of nitrogens with zero attached hydrogens (tertiary/aromatic N) is 2. The van der Waals surface area contributed by atoms with Gasteiger partial charge in [0.1, 0.15) is 0 Å². The van der Waals surface area contributed by atoms with Crippen molar-refractivity contribution >= 4 is 24.8 Å². The molecular weight excluding hydrogens is 233 g/mol. The van der Waals surface area contributed by atoms with Gasteiger partial charge in [0.2, 0.25) is 0 Å². The van der Waals surface area contributed by atoms with Crippen LogP contribution in [0.4, 0.5) is 0 Å². The molecule has 0 radical (unpaired) electrons. The van der Waals surface area contributed by atoms with E-state index in [9.17, 15) is 0 Å². The van der Waals surface area contributed by atoms with Crippen molar-refractivity contribution < 1.29 is 0 Å². The number of piperidine rings is 1. The molecule has 2 aliphatic heterocycles. The summed E-state index contributed by atoms with van der Waals surface area (Å²) in [5.74, 6) is 0. The Morgan fingerprint density at radius 2 is 1.87 bits per heavy atom. The summed E-state index contributed by atoms with van der Waals surface area (Å²) in [5, 5.41) is 12.0. The molecule has 0 atom stereocenters. The van der Waals surface area contributed by atoms with Crippen molar-refractivity contribution in [3.05, 3.63) is 0 Å². The third kappa shape index (κ3) is 3.49. The minimum Gasteiger partial charge on any atom is -0.316 e. The molecule has 0 saturated carbocycles. The van der Waals surface area contributed by atoms with Crippen molar-refractivity contribution in [1.82, 2.24) is 10.2 Å². The molecule has 0 bridgehead atoms. The van der Waals surface area contributed by atoms with E-state index in [-0.39, 0.29) is 24.8 Å². The molecule has 2 aliphatic rings. The number of hydrogen-bond acceptors (Lipinski definition) is 3. The van der Waals surface area contributed by atoms with Gasteiger partial charge in [0.05, 0.1) is 12.6 Å². The molecule has 5 heteroatoms. The smallest absolute Gasteiger partial charge is 0.0865 e. The lowest BCUT2D eigenvalue weighted by atomic mass is 9.78. The fourth-order valence-corrected chi connectivity index (χ4v) is 2.51. The van der Waals surface area contributed by atoms with E-state index in [1.54, 1.807) is 0 Å². The van der Waals surface area contributed by atoms with Crippen molar-refractivity contribution in [3.8, 4) is 6.07 Å². The summed E-state index contributed by atoms with van der Waals surface area (Å²) in [5.41, 5.74) is 0.589. The highest BCUT2D eigenvalue weighted by atomic mass is 35.5. The Morgan fingerprint density at radius 1 is 1.20 bits per heavy atom. The Morgan fingerprint density at radius 3 is 2.33 bits per heavy atom. The molecular formula is C10H19Cl2N3. The van der Waals surface area contributed by atoms with E-state index in [0.717, 1.165) is 13.1 Å². The average Bonchev–Trinajstić information content (AvgIpc) is 2.59. The molecule has 0 unspecified atom stereocenters. The van der Waals surface area contributed by atoms with Crippen LogP contribution in [-0.2, 0) is 0 Å². The maximum atomic E-state index is 8.57. The lowest BCUT2D eigenvalue weighted by Gasteiger charge is -2.37. The Hall–Kier alpha value is -0.0100. The molecule has 2 heterocycles. The van der Waals surface area contributed by atoms with Gasteiger partial charge in [-0.15, -0.1) is 24.8 Å². The van der Waals surface area contributed by atoms with Crippen LogP contribution in [0.3, 0.4) is 0 Å². The van der Waals surface area contributed by atoms with E-state index < -0.39 is 0 Å². The largest absolute Gasteiger partial charge is 0.316 e. The monoisotopic (exact) mass is 251 g/mol. The topological polar surface area (TPSA) is 39.1 Å². The predicted molar refractivity (Wildman–Crippen MR) is 65.7 cm³/mol. The molecule has 3 nitrogen and oxygen atoms in total. The first kappa shape index (κ1) is 15.0. The normalized spacial score (nSPS) is 23.9. The second kappa shape index (κ2) is 6.55. The summed E-state index contributed by atoms with van der Waals surface area (Å²) >= 11 is 0. The SMILES string of the molecule is Cl.Cl.N#CCN1CCC2(CCNC2)CC1. The highest BCUT2D eigenvalue weighted by Gasteiger charge is 2.36. The summed E-state index contributed by atoms with van der Waals surface area (Å²) in [6.45, 7) is 5.25. The summed E-state index contributed by atoms with van der Waals surface area (Å²) in [4.78, 5) is 2.27. The van der Waals surface area contributed by atoms with Crippen LogP contribution in [0.5, 0.6) is 0 Å². The van der Waals surface area contributed by atoms with Gasteiger partial charge < -0.3 is 5.32 Å². The number of hydrogen-bond donors (Lipinski definition) is 1. The molecule has 1 N–H and O–H groups in total. The summed E-state index contributed by atoms with van der Waals surface area (Å²) in [7, 11) is 0. The minimum atomic E-state index is 0. The van der Waals surface area contributed by atoms with Crippen LogP contribution in [-0.4, -0.2) is 37.6 Å². The maximum Gasteiger partial charge on any atom is 0.0865 e. The van der Waals surface area contributed by atoms with Crippen LogP contribution >= 0.6 is 24.8 Å². The van der Waals surface area contributed by atoms with Crippen LogP contribution in [0, 0.1) is 16.7 Å². The fraction of sp³-hybridized carbons (Fsp3) is 0.900. The van der Waals surface area contributed by atoms with E-state index in [2.05, 4.69) is 16.3 Å². The molecule has 2 rings (SSSR count). The first-order valence-electron chi connectivity index (χ1n) is 5.15. The summed E-state index contributed by atoms with van der Waals surface area (Å²) in [6.07, 6.45) is 3.90. The molecule has 0 aromatic carbocycles. The highest BCUT2D eigenvalue weighted by Crippen LogP contribution is 2.36. The van der Waals surface area contributed by atoms with Gasteiger partial charge in [-0.1, -0.05) is 0 Å². The van der Waals surface area contributed by atoms with Crippen molar-refractivity contribution in [2.75, 3.05) is 32.7 Å². The van der Waals surface area contributed by atoms with Crippen LogP contribution in [0.1, 0.15) is 19.3 Å². The number of nitriles is 1. The van der Waals surface area contributed by atoms with Gasteiger partial charge >= 0.3 is 0 Å². The maximum absolute atomic E-state index is 8.57. The van der Waals surface area contributed by atoms with E-state index >= 15 is 0 Å². The van der Waals surface area contributed by atoms with Gasteiger partial charge in [-0.2, -0.15) is 5.26 Å². The lowest BCUT2D eigenvalue weighted by molar-refractivity contribution is 0.130. The van der Waals surface area contributed by atoms with E-state index in [1.165, 1.54) is 32.4 Å². The molecule has 1 spiro atoms. The third-order valence-corrected chi connectivity index (χ3v) is 3.54. The quantitative estimate of drug-likeness (QED) is 0.717. The van der Waals surface area contributed by atoms with E-state index in [4.69, 9.17) is 5.26 Å². The highest BCUT2D eigenvalue weighted by molar-refractivity contribution is 5.85. The molecule has 2 saturated heterocycles. The minimum absolute atomic E-state index is 0. The van der Waals surface area contributed by atoms with Gasteiger partial charge in [-0.25, -0.2) is 0 Å². The predicted octanol–water partition coefficient (Wildman–Crippen LogP) is 1.43. The second-order valence-corrected chi connectivity index (χ2v) is 4.36. The first-order valence-corrected chi connectivity index (χ1v) is 5.15. The molecule has 2 fully saturated rings. The zero-order valence-corrected chi connectivity index (χ0v) is 10.5. The molecule has 0 aliphatic carbocycles. The van der Waals surface area contributed by atoms with E-state index in [1.807, 2.05) is 0 Å². The standard InChI is InChI=1S/C10H17N3.2ClH/c11-4-8-13-6-2-10(3-7-13)1-5-12-9-10;;/h12H,1-3,5-9H2;2*1H. The van der Waals surface area contributed by atoms with Gasteiger partial charge in [-0.3, -0.25) is 4.90 Å². The zero-order chi connectivity index (χ0) is 9.15. The fourth-order valence-electron chi connectivity index (χ4n) is 2.51. The van der Waals surface area contributed by atoms with E-state index in [0.29, 0.717) is 12.0 Å². The van der Waals surface area contributed by atoms with Crippen molar-refractivity contribution in [1.29, 1.82) is 5.26 Å². The Kier molecular flexibility index (Phi) is 6.54. The molecule has 15 heavy (non-hydrogen) atoms. The summed E-state index contributed by atoms with van der Waals surface area (Å²) in [6, 6.07) is 2.23. The number of rotatable bonds is 1. The Bertz CT molecular complexity index is 211. The van der Waals surface area contributed by atoms with Crippen LogP contribution < -0.4 is 5.32 Å². The average molecular weight is 252 g/mol. The molecule has 88 valence electrons. The number of nitrogens with one attached hydrogen (secondary N) is 1. The van der Waals surface area contributed by atoms with Crippen LogP contribution in [0.15, 0.2) is 0 Å². The van der Waals surface area contributed by atoms with Crippen LogP contribution in [0.25, 0.3) is 0 Å². The molecule has 0 aromatic rings. The third-order valence-electron chi connectivity index (χ3n) is 3.54. The van der Waals surface area contributed by atoms with Crippen molar-refractivity contribution in [3.63, 3.8) is 0 Å². The van der Waals surface area contributed by atoms with Crippen molar-refractivity contribution in [2.45, 2.75) is 19.3 Å². The van der Waals surface area contributed by atoms with Crippen molar-refractivity contribution in [2.24, 2.45) is 5.41 Å². The van der Waals surface area contributed by atoms with Crippen LogP contribution in [0.2, 0.25) is 0 Å². The van der Waals surface area contributed by atoms with Gasteiger partial charge in [0.15, 0.2) is 0 Å².